The molecule has 0 atom stereocenters. The van der Waals surface area contributed by atoms with Crippen molar-refractivity contribution >= 4 is 28.7 Å². The highest BCUT2D eigenvalue weighted by molar-refractivity contribution is 5.99. The molecule has 0 spiro atoms. The lowest BCUT2D eigenvalue weighted by Gasteiger charge is -2.32. The molecule has 1 fully saturated rings. The van der Waals surface area contributed by atoms with Crippen molar-refractivity contribution < 1.29 is 24.1 Å². The molecule has 1 aliphatic heterocycles. The number of nitrogens with zero attached hydrogens (tertiary/aromatic N) is 4. The van der Waals surface area contributed by atoms with Gasteiger partial charge < -0.3 is 19.3 Å². The topological polar surface area (TPSA) is 128 Å². The summed E-state index contributed by atoms with van der Waals surface area (Å²) < 4.78 is 10.1. The molecule has 0 aliphatic carbocycles. The normalized spacial score (nSPS) is 13.5. The van der Waals surface area contributed by atoms with E-state index in [0.717, 1.165) is 30.5 Å². The number of nitro benzene ring substituents is 2. The summed E-state index contributed by atoms with van der Waals surface area (Å²) in [7, 11) is 2.71. The van der Waals surface area contributed by atoms with Crippen LogP contribution in [0.2, 0.25) is 0 Å². The molecule has 2 aromatic carbocycles. The molecule has 164 valence electrons. The monoisotopic (exact) mass is 430 g/mol. The van der Waals surface area contributed by atoms with Gasteiger partial charge in [0.2, 0.25) is 0 Å². The van der Waals surface area contributed by atoms with Crippen molar-refractivity contribution in [3.8, 4) is 0 Å². The van der Waals surface area contributed by atoms with E-state index in [0.29, 0.717) is 26.3 Å². The molecule has 11 nitrogen and oxygen atoms in total. The van der Waals surface area contributed by atoms with Gasteiger partial charge in [-0.25, -0.2) is 4.79 Å². The van der Waals surface area contributed by atoms with Gasteiger partial charge in [0.1, 0.15) is 5.69 Å². The van der Waals surface area contributed by atoms with Gasteiger partial charge in [-0.05, 0) is 11.6 Å². The van der Waals surface area contributed by atoms with Crippen LogP contribution in [0.1, 0.15) is 15.9 Å². The van der Waals surface area contributed by atoms with Gasteiger partial charge in [-0.1, -0.05) is 18.2 Å². The number of morpholine rings is 1. The molecule has 1 saturated heterocycles. The third-order valence-corrected chi connectivity index (χ3v) is 5.02. The van der Waals surface area contributed by atoms with E-state index in [1.165, 1.54) is 4.90 Å². The fourth-order valence-electron chi connectivity index (χ4n) is 3.61. The molecule has 3 rings (SSSR count). The summed E-state index contributed by atoms with van der Waals surface area (Å²) >= 11 is 0. The van der Waals surface area contributed by atoms with Crippen LogP contribution in [0, 0.1) is 20.2 Å². The Morgan fingerprint density at radius 1 is 1.16 bits per heavy atom. The predicted molar refractivity (Wildman–Crippen MR) is 113 cm³/mol. The minimum absolute atomic E-state index is 0.0424. The summed E-state index contributed by atoms with van der Waals surface area (Å²) in [6.45, 7) is 2.86. The second kappa shape index (κ2) is 9.39. The fourth-order valence-corrected chi connectivity index (χ4v) is 3.61. The lowest BCUT2D eigenvalue weighted by molar-refractivity contribution is -0.393. The second-order valence-corrected chi connectivity index (χ2v) is 6.95. The van der Waals surface area contributed by atoms with Gasteiger partial charge in [-0.2, -0.15) is 0 Å². The molecular formula is C20H22N4O7. The molecule has 0 N–H and O–H groups in total. The van der Waals surface area contributed by atoms with Crippen LogP contribution >= 0.6 is 0 Å². The summed E-state index contributed by atoms with van der Waals surface area (Å²) in [6.07, 6.45) is 0. The Labute approximate surface area is 178 Å². The van der Waals surface area contributed by atoms with Crippen molar-refractivity contribution in [2.45, 2.75) is 6.54 Å². The van der Waals surface area contributed by atoms with Gasteiger partial charge in [0, 0.05) is 38.4 Å². The highest BCUT2D eigenvalue weighted by Crippen LogP contribution is 2.37. The Morgan fingerprint density at radius 2 is 1.84 bits per heavy atom. The van der Waals surface area contributed by atoms with Gasteiger partial charge in [0.15, 0.2) is 0 Å². The van der Waals surface area contributed by atoms with E-state index in [1.54, 1.807) is 7.05 Å². The first-order valence-electron chi connectivity index (χ1n) is 9.50. The van der Waals surface area contributed by atoms with Crippen LogP contribution in [0.4, 0.5) is 22.7 Å². The van der Waals surface area contributed by atoms with Gasteiger partial charge in [-0.15, -0.1) is 0 Å². The molecule has 0 amide bonds. The van der Waals surface area contributed by atoms with E-state index >= 15 is 0 Å². The SMILES string of the molecule is COC(=O)c1cc([N+](=O)[O-])cc([N+](=O)[O-])c1N(C)Cc1ccccc1N1CCOCC1. The highest BCUT2D eigenvalue weighted by atomic mass is 16.6. The Kier molecular flexibility index (Phi) is 6.65. The van der Waals surface area contributed by atoms with Crippen molar-refractivity contribution in [1.82, 2.24) is 0 Å². The molecule has 11 heteroatoms. The molecule has 0 saturated carbocycles. The molecule has 0 unspecified atom stereocenters. The lowest BCUT2D eigenvalue weighted by atomic mass is 10.1. The first kappa shape index (κ1) is 22.0. The van der Waals surface area contributed by atoms with Crippen molar-refractivity contribution in [1.29, 1.82) is 0 Å². The van der Waals surface area contributed by atoms with E-state index in [9.17, 15) is 25.0 Å². The maximum absolute atomic E-state index is 12.3. The number of hydrogen-bond donors (Lipinski definition) is 0. The first-order valence-corrected chi connectivity index (χ1v) is 9.50. The molecule has 0 radical (unpaired) electrons. The highest BCUT2D eigenvalue weighted by Gasteiger charge is 2.30. The van der Waals surface area contributed by atoms with E-state index in [2.05, 4.69) is 4.90 Å². The maximum Gasteiger partial charge on any atom is 0.340 e. The Balaban J connectivity index is 2.05. The molecule has 1 heterocycles. The Hall–Kier alpha value is -3.73. The molecule has 1 aliphatic rings. The molecule has 0 bridgehead atoms. The van der Waals surface area contributed by atoms with E-state index in [1.807, 2.05) is 24.3 Å². The average Bonchev–Trinajstić information content (AvgIpc) is 2.78. The molecular weight excluding hydrogens is 408 g/mol. The minimum Gasteiger partial charge on any atom is -0.465 e. The third kappa shape index (κ3) is 4.72. The van der Waals surface area contributed by atoms with E-state index < -0.39 is 27.2 Å². The second-order valence-electron chi connectivity index (χ2n) is 6.95. The number of para-hydroxylation sites is 1. The predicted octanol–water partition coefficient (Wildman–Crippen LogP) is 2.76. The van der Waals surface area contributed by atoms with Crippen LogP contribution in [0.5, 0.6) is 0 Å². The van der Waals surface area contributed by atoms with Crippen LogP contribution in [0.3, 0.4) is 0 Å². The quantitative estimate of drug-likeness (QED) is 0.370. The maximum atomic E-state index is 12.3. The smallest absolute Gasteiger partial charge is 0.340 e. The minimum atomic E-state index is -0.893. The van der Waals surface area contributed by atoms with Crippen LogP contribution < -0.4 is 9.80 Å². The summed E-state index contributed by atoms with van der Waals surface area (Å²) in [5, 5.41) is 22.9. The van der Waals surface area contributed by atoms with Crippen molar-refractivity contribution in [2.75, 3.05) is 50.3 Å². The number of hydrogen-bond acceptors (Lipinski definition) is 9. The summed E-state index contributed by atoms with van der Waals surface area (Å²) in [4.78, 5) is 37.5. The molecule has 31 heavy (non-hydrogen) atoms. The first-order chi connectivity index (χ1) is 14.8. The van der Waals surface area contributed by atoms with Gasteiger partial charge >= 0.3 is 5.97 Å². The number of ether oxygens (including phenoxy) is 2. The summed E-state index contributed by atoms with van der Waals surface area (Å²) in [6, 6.07) is 9.47. The van der Waals surface area contributed by atoms with E-state index in [4.69, 9.17) is 9.47 Å². The number of esters is 1. The largest absolute Gasteiger partial charge is 0.465 e. The van der Waals surface area contributed by atoms with Gasteiger partial charge in [0.25, 0.3) is 11.4 Å². The number of carbonyl (C=O) groups is 1. The number of nitro groups is 2. The number of non-ortho nitro benzene ring substituents is 1. The number of benzene rings is 2. The Bertz CT molecular complexity index is 1010. The standard InChI is InChI=1S/C20H22N4O7/c1-21(13-14-5-3-4-6-17(14)22-7-9-31-10-8-22)19-16(20(25)30-2)11-15(23(26)27)12-18(19)24(28)29/h3-6,11-12H,7-10,13H2,1-2H3. The van der Waals surface area contributed by atoms with E-state index in [-0.39, 0.29) is 17.8 Å². The van der Waals surface area contributed by atoms with Crippen molar-refractivity contribution in [3.05, 3.63) is 67.8 Å². The van der Waals surface area contributed by atoms with Crippen LogP contribution in [-0.4, -0.2) is 56.3 Å². The number of anilines is 2. The fraction of sp³-hybridized carbons (Fsp3) is 0.350. The van der Waals surface area contributed by atoms with Crippen LogP contribution in [-0.2, 0) is 16.0 Å². The van der Waals surface area contributed by atoms with Crippen molar-refractivity contribution in [2.24, 2.45) is 0 Å². The van der Waals surface area contributed by atoms with Crippen LogP contribution in [0.15, 0.2) is 36.4 Å². The number of rotatable bonds is 7. The van der Waals surface area contributed by atoms with Crippen molar-refractivity contribution in [3.63, 3.8) is 0 Å². The van der Waals surface area contributed by atoms with Gasteiger partial charge in [0.05, 0.1) is 41.8 Å². The van der Waals surface area contributed by atoms with Crippen LogP contribution in [0.25, 0.3) is 0 Å². The number of carbonyl (C=O) groups excluding carboxylic acids is 1. The summed E-state index contributed by atoms with van der Waals surface area (Å²) in [5.41, 5.74) is 0.463. The zero-order chi connectivity index (χ0) is 22.5. The number of methoxy groups -OCH3 is 1. The third-order valence-electron chi connectivity index (χ3n) is 5.02. The molecule has 2 aromatic rings. The summed E-state index contributed by atoms with van der Waals surface area (Å²) in [5.74, 6) is -0.893. The Morgan fingerprint density at radius 3 is 2.45 bits per heavy atom. The lowest BCUT2D eigenvalue weighted by Crippen LogP contribution is -2.37. The zero-order valence-corrected chi connectivity index (χ0v) is 17.1. The van der Waals surface area contributed by atoms with Gasteiger partial charge in [-0.3, -0.25) is 20.2 Å². The zero-order valence-electron chi connectivity index (χ0n) is 17.1. The molecule has 0 aromatic heterocycles. The average molecular weight is 430 g/mol.